The number of benzene rings is 2. The predicted molar refractivity (Wildman–Crippen MR) is 119 cm³/mol. The summed E-state index contributed by atoms with van der Waals surface area (Å²) in [4.78, 5) is 14.9. The molecule has 1 unspecified atom stereocenters. The Bertz CT molecular complexity index is 905. The van der Waals surface area contributed by atoms with Crippen LogP contribution in [0.25, 0.3) is 0 Å². The molecule has 0 saturated carbocycles. The maximum absolute atomic E-state index is 12.4. The lowest BCUT2D eigenvalue weighted by molar-refractivity contribution is 0.0952. The molecular formula is C24H31N3O2. The first kappa shape index (κ1) is 20.9. The summed E-state index contributed by atoms with van der Waals surface area (Å²) in [5.41, 5.74) is 6.85. The predicted octanol–water partition coefficient (Wildman–Crippen LogP) is 4.96. The smallest absolute Gasteiger partial charge is 0.275 e. The van der Waals surface area contributed by atoms with Crippen LogP contribution in [-0.4, -0.2) is 31.3 Å². The third-order valence-electron chi connectivity index (χ3n) is 5.59. The van der Waals surface area contributed by atoms with Crippen molar-refractivity contribution in [3.8, 4) is 5.75 Å². The molecule has 0 fully saturated rings. The number of carbonyl (C=O) groups excluding carboxylic acids is 1. The fraction of sp³-hybridized carbons (Fsp3) is 0.417. The monoisotopic (exact) mass is 393 g/mol. The molecule has 2 aromatic rings. The lowest BCUT2D eigenvalue weighted by Gasteiger charge is -2.47. The van der Waals surface area contributed by atoms with Gasteiger partial charge in [0.05, 0.1) is 18.9 Å². The maximum Gasteiger partial charge on any atom is 0.275 e. The Hall–Kier alpha value is -2.82. The zero-order chi connectivity index (χ0) is 21.0. The number of para-hydroxylation sites is 1. The summed E-state index contributed by atoms with van der Waals surface area (Å²) in [6.07, 6.45) is 3.94. The first-order valence-electron chi connectivity index (χ1n) is 10.3. The van der Waals surface area contributed by atoms with E-state index in [4.69, 9.17) is 4.74 Å². The largest absolute Gasteiger partial charge is 0.496 e. The van der Waals surface area contributed by atoms with Crippen LogP contribution in [0.4, 0.5) is 5.69 Å². The number of ether oxygens (including phenoxy) is 1. The van der Waals surface area contributed by atoms with Gasteiger partial charge in [0.1, 0.15) is 5.75 Å². The first-order chi connectivity index (χ1) is 13.9. The van der Waals surface area contributed by atoms with Crippen molar-refractivity contribution in [2.45, 2.75) is 52.0 Å². The third kappa shape index (κ3) is 4.44. The fourth-order valence-corrected chi connectivity index (χ4v) is 4.29. The van der Waals surface area contributed by atoms with Gasteiger partial charge in [0, 0.05) is 17.8 Å². The Balaban J connectivity index is 1.78. The van der Waals surface area contributed by atoms with Gasteiger partial charge in [-0.1, -0.05) is 32.0 Å². The molecule has 1 aliphatic rings. The zero-order valence-corrected chi connectivity index (χ0v) is 18.0. The molecule has 3 rings (SSSR count). The lowest BCUT2D eigenvalue weighted by Crippen LogP contribution is -2.48. The van der Waals surface area contributed by atoms with Gasteiger partial charge in [-0.05, 0) is 68.0 Å². The van der Waals surface area contributed by atoms with Crippen LogP contribution in [0.15, 0.2) is 47.6 Å². The van der Waals surface area contributed by atoms with E-state index < -0.39 is 0 Å². The number of nitrogens with zero attached hydrogens (tertiary/aromatic N) is 2. The van der Waals surface area contributed by atoms with Crippen LogP contribution in [0.5, 0.6) is 5.75 Å². The number of hydrogen-bond donors (Lipinski definition) is 1. The van der Waals surface area contributed by atoms with Crippen LogP contribution in [0.1, 0.15) is 67.9 Å². The first-order valence-corrected chi connectivity index (χ1v) is 10.3. The summed E-state index contributed by atoms with van der Waals surface area (Å²) in [5.74, 6) is 0.715. The molecule has 0 bridgehead atoms. The maximum atomic E-state index is 12.4. The van der Waals surface area contributed by atoms with Crippen LogP contribution in [-0.2, 0) is 0 Å². The van der Waals surface area contributed by atoms with E-state index in [1.807, 2.05) is 6.07 Å². The minimum Gasteiger partial charge on any atom is -0.496 e. The van der Waals surface area contributed by atoms with Gasteiger partial charge in [-0.2, -0.15) is 5.10 Å². The highest BCUT2D eigenvalue weighted by Crippen LogP contribution is 2.43. The van der Waals surface area contributed by atoms with E-state index >= 15 is 0 Å². The molecule has 1 aliphatic heterocycles. The van der Waals surface area contributed by atoms with Crippen LogP contribution in [0.2, 0.25) is 0 Å². The number of carbonyl (C=O) groups is 1. The second-order valence-corrected chi connectivity index (χ2v) is 8.29. The Morgan fingerprint density at radius 3 is 2.79 bits per heavy atom. The molecule has 1 heterocycles. The molecule has 0 aromatic heterocycles. The van der Waals surface area contributed by atoms with Gasteiger partial charge in [0.25, 0.3) is 5.91 Å². The van der Waals surface area contributed by atoms with Crippen LogP contribution < -0.4 is 15.1 Å². The number of amides is 1. The number of hydrogen-bond acceptors (Lipinski definition) is 4. The van der Waals surface area contributed by atoms with E-state index in [2.05, 4.69) is 61.3 Å². The lowest BCUT2D eigenvalue weighted by atomic mass is 9.79. The van der Waals surface area contributed by atoms with Gasteiger partial charge in [0.15, 0.2) is 0 Å². The number of fused-ring (bicyclic) bond motifs is 1. The molecule has 0 aliphatic carbocycles. The second kappa shape index (κ2) is 8.68. The standard InChI is InChI=1S/C24H31N3O2/c1-6-13-27-21-12-11-18(14-20(21)17(2)15-24(27,3)4)16-25-26-23(28)19-9-7-8-10-22(19)29-5/h7-12,14,16-17H,6,13,15H2,1-5H3,(H,26,28)/b25-16-. The molecule has 2 aromatic carbocycles. The fourth-order valence-electron chi connectivity index (χ4n) is 4.29. The molecular weight excluding hydrogens is 362 g/mol. The van der Waals surface area contributed by atoms with Crippen LogP contribution >= 0.6 is 0 Å². The van der Waals surface area contributed by atoms with Crippen LogP contribution in [0, 0.1) is 0 Å². The Morgan fingerprint density at radius 1 is 1.31 bits per heavy atom. The molecule has 5 nitrogen and oxygen atoms in total. The van der Waals surface area contributed by atoms with Crippen molar-refractivity contribution < 1.29 is 9.53 Å². The summed E-state index contributed by atoms with van der Waals surface area (Å²) in [7, 11) is 1.55. The van der Waals surface area contributed by atoms with E-state index in [1.54, 1.807) is 31.5 Å². The van der Waals surface area contributed by atoms with Gasteiger partial charge in [-0.3, -0.25) is 4.79 Å². The quantitative estimate of drug-likeness (QED) is 0.557. The summed E-state index contributed by atoms with van der Waals surface area (Å²) < 4.78 is 5.23. The van der Waals surface area contributed by atoms with Gasteiger partial charge in [-0.25, -0.2) is 5.43 Å². The molecule has 0 radical (unpaired) electrons. The van der Waals surface area contributed by atoms with E-state index in [0.717, 1.165) is 24.9 Å². The molecule has 1 N–H and O–H groups in total. The molecule has 0 spiro atoms. The van der Waals surface area contributed by atoms with Gasteiger partial charge in [0.2, 0.25) is 0 Å². The molecule has 5 heteroatoms. The Kier molecular flexibility index (Phi) is 6.26. The van der Waals surface area contributed by atoms with Gasteiger partial charge < -0.3 is 9.64 Å². The van der Waals surface area contributed by atoms with E-state index in [9.17, 15) is 4.79 Å². The van der Waals surface area contributed by atoms with Crippen molar-refractivity contribution in [3.05, 3.63) is 59.2 Å². The number of methoxy groups -OCH3 is 1. The third-order valence-corrected chi connectivity index (χ3v) is 5.59. The minimum absolute atomic E-state index is 0.154. The Labute approximate surface area is 173 Å². The second-order valence-electron chi connectivity index (χ2n) is 8.29. The minimum atomic E-state index is -0.291. The summed E-state index contributed by atoms with van der Waals surface area (Å²) in [5, 5.41) is 4.16. The van der Waals surface area contributed by atoms with Crippen molar-refractivity contribution in [3.63, 3.8) is 0 Å². The average Bonchev–Trinajstić information content (AvgIpc) is 2.70. The van der Waals surface area contributed by atoms with E-state index in [0.29, 0.717) is 17.2 Å². The zero-order valence-electron chi connectivity index (χ0n) is 18.0. The van der Waals surface area contributed by atoms with Gasteiger partial charge in [-0.15, -0.1) is 0 Å². The normalized spacial score (nSPS) is 17.8. The van der Waals surface area contributed by atoms with Gasteiger partial charge >= 0.3 is 0 Å². The van der Waals surface area contributed by atoms with Crippen molar-refractivity contribution in [2.75, 3.05) is 18.6 Å². The number of nitrogens with one attached hydrogen (secondary N) is 1. The number of rotatable bonds is 6. The average molecular weight is 394 g/mol. The molecule has 154 valence electrons. The summed E-state index contributed by atoms with van der Waals surface area (Å²) in [6, 6.07) is 13.5. The molecule has 0 saturated heterocycles. The van der Waals surface area contributed by atoms with Crippen LogP contribution in [0.3, 0.4) is 0 Å². The van der Waals surface area contributed by atoms with E-state index in [-0.39, 0.29) is 11.4 Å². The summed E-state index contributed by atoms with van der Waals surface area (Å²) >= 11 is 0. The van der Waals surface area contributed by atoms with Crippen molar-refractivity contribution in [1.29, 1.82) is 0 Å². The number of hydrazone groups is 1. The summed E-state index contributed by atoms with van der Waals surface area (Å²) in [6.45, 7) is 10.2. The molecule has 1 atom stereocenters. The van der Waals surface area contributed by atoms with Crippen molar-refractivity contribution in [1.82, 2.24) is 5.43 Å². The number of anilines is 1. The van der Waals surface area contributed by atoms with Crippen molar-refractivity contribution in [2.24, 2.45) is 5.10 Å². The highest BCUT2D eigenvalue weighted by atomic mass is 16.5. The highest BCUT2D eigenvalue weighted by molar-refractivity contribution is 5.97. The SMILES string of the molecule is CCCN1c2ccc(/C=N\NC(=O)c3ccccc3OC)cc2C(C)CC1(C)C. The van der Waals surface area contributed by atoms with Crippen molar-refractivity contribution >= 4 is 17.8 Å². The highest BCUT2D eigenvalue weighted by Gasteiger charge is 2.35. The topological polar surface area (TPSA) is 53.9 Å². The molecule has 1 amide bonds. The van der Waals surface area contributed by atoms with E-state index in [1.165, 1.54) is 11.3 Å². The Morgan fingerprint density at radius 2 is 2.07 bits per heavy atom. The molecule has 29 heavy (non-hydrogen) atoms.